The van der Waals surface area contributed by atoms with Gasteiger partial charge in [0.15, 0.2) is 5.01 Å². The summed E-state index contributed by atoms with van der Waals surface area (Å²) in [6, 6.07) is 1.36. The standard InChI is InChI=1S/C26H33F2N5O3S/c1-26(2,3)32-19-11-17(22(27)28)18(12-29-19)21-20(25(36)33-14-5-6-15(33)8-7-14)31-24(37-21)23(35)30-13-4-9-16(34)10-13/h11-16,22,34H,4-10H2,1-3H3,(H,29,32)(H,30,35)/t13-,14-,15+,16-/m1/s1. The molecule has 0 spiro atoms. The molecule has 3 N–H and O–H groups in total. The van der Waals surface area contributed by atoms with Crippen molar-refractivity contribution in [3.8, 4) is 10.4 Å². The van der Waals surface area contributed by atoms with E-state index in [0.29, 0.717) is 25.1 Å². The highest BCUT2D eigenvalue weighted by Gasteiger charge is 2.44. The van der Waals surface area contributed by atoms with E-state index < -0.39 is 18.4 Å². The average molecular weight is 534 g/mol. The Labute approximate surface area is 218 Å². The third-order valence-corrected chi connectivity index (χ3v) is 8.46. The third-order valence-electron chi connectivity index (χ3n) is 7.37. The molecule has 2 atom stereocenters. The molecule has 8 nitrogen and oxygen atoms in total. The summed E-state index contributed by atoms with van der Waals surface area (Å²) in [5.41, 5.74) is -0.513. The number of alkyl halides is 2. The molecule has 1 aliphatic carbocycles. The minimum Gasteiger partial charge on any atom is -0.393 e. The molecular formula is C26H33F2N5O3S. The van der Waals surface area contributed by atoms with Gasteiger partial charge in [-0.1, -0.05) is 0 Å². The second kappa shape index (κ2) is 9.90. The maximum Gasteiger partial charge on any atom is 0.280 e. The molecule has 2 amide bonds. The summed E-state index contributed by atoms with van der Waals surface area (Å²) in [6.07, 6.45) is 3.46. The van der Waals surface area contributed by atoms with Gasteiger partial charge in [-0.3, -0.25) is 9.59 Å². The maximum atomic E-state index is 14.3. The van der Waals surface area contributed by atoms with E-state index >= 15 is 0 Å². The number of hydrogen-bond acceptors (Lipinski definition) is 7. The molecule has 2 aromatic heterocycles. The number of nitrogens with one attached hydrogen (secondary N) is 2. The number of amides is 2. The number of thiazole rings is 1. The molecule has 1 saturated carbocycles. The predicted molar refractivity (Wildman–Crippen MR) is 137 cm³/mol. The molecule has 37 heavy (non-hydrogen) atoms. The van der Waals surface area contributed by atoms with Gasteiger partial charge in [-0.2, -0.15) is 0 Å². The molecule has 3 aliphatic rings. The minimum absolute atomic E-state index is 0.0284. The lowest BCUT2D eigenvalue weighted by atomic mass is 10.0. The summed E-state index contributed by atoms with van der Waals surface area (Å²) >= 11 is 0.939. The molecule has 3 fully saturated rings. The van der Waals surface area contributed by atoms with E-state index in [2.05, 4.69) is 20.6 Å². The average Bonchev–Trinajstić information content (AvgIpc) is 3.61. The van der Waals surface area contributed by atoms with Gasteiger partial charge in [0.05, 0.1) is 11.0 Å². The number of aromatic nitrogens is 2. The van der Waals surface area contributed by atoms with Gasteiger partial charge in [-0.05, 0) is 71.8 Å². The lowest BCUT2D eigenvalue weighted by molar-refractivity contribution is 0.0725. The van der Waals surface area contributed by atoms with Crippen LogP contribution in [0.1, 0.15) is 98.0 Å². The zero-order valence-electron chi connectivity index (χ0n) is 21.3. The van der Waals surface area contributed by atoms with Crippen molar-refractivity contribution in [3.05, 3.63) is 28.5 Å². The van der Waals surface area contributed by atoms with Crippen molar-refractivity contribution in [3.63, 3.8) is 0 Å². The van der Waals surface area contributed by atoms with Crippen molar-refractivity contribution < 1.29 is 23.5 Å². The van der Waals surface area contributed by atoms with Crippen molar-refractivity contribution in [1.29, 1.82) is 0 Å². The molecule has 11 heteroatoms. The van der Waals surface area contributed by atoms with E-state index in [1.807, 2.05) is 25.7 Å². The predicted octanol–water partition coefficient (Wildman–Crippen LogP) is 4.76. The number of hydrogen-bond donors (Lipinski definition) is 3. The van der Waals surface area contributed by atoms with Crippen molar-refractivity contribution in [2.45, 2.75) is 102 Å². The van der Waals surface area contributed by atoms with Crippen LogP contribution in [-0.4, -0.2) is 61.6 Å². The summed E-state index contributed by atoms with van der Waals surface area (Å²) < 4.78 is 28.6. The Bertz CT molecular complexity index is 1180. The smallest absolute Gasteiger partial charge is 0.280 e. The number of aliphatic hydroxyl groups excluding tert-OH is 1. The van der Waals surface area contributed by atoms with Crippen LogP contribution >= 0.6 is 11.3 Å². The molecule has 2 bridgehead atoms. The second-order valence-electron chi connectivity index (χ2n) is 11.3. The molecule has 2 aliphatic heterocycles. The van der Waals surface area contributed by atoms with Crippen LogP contribution in [0.5, 0.6) is 0 Å². The fourth-order valence-electron chi connectivity index (χ4n) is 5.74. The van der Waals surface area contributed by atoms with Crippen LogP contribution in [0.3, 0.4) is 0 Å². The number of anilines is 1. The highest BCUT2D eigenvalue weighted by Crippen LogP contribution is 2.42. The third kappa shape index (κ3) is 5.34. The van der Waals surface area contributed by atoms with Crippen LogP contribution in [0.4, 0.5) is 14.6 Å². The molecule has 0 radical (unpaired) electrons. The van der Waals surface area contributed by atoms with Crippen LogP contribution in [0.2, 0.25) is 0 Å². The highest BCUT2D eigenvalue weighted by molar-refractivity contribution is 7.17. The Hall–Kier alpha value is -2.66. The van der Waals surface area contributed by atoms with Crippen molar-refractivity contribution in [2.75, 3.05) is 5.32 Å². The quantitative estimate of drug-likeness (QED) is 0.494. The number of halogens is 2. The van der Waals surface area contributed by atoms with E-state index in [-0.39, 0.29) is 56.3 Å². The van der Waals surface area contributed by atoms with Gasteiger partial charge in [0.1, 0.15) is 11.5 Å². The van der Waals surface area contributed by atoms with Crippen LogP contribution in [-0.2, 0) is 0 Å². The lowest BCUT2D eigenvalue weighted by Crippen LogP contribution is -2.36. The first-order chi connectivity index (χ1) is 17.5. The molecule has 200 valence electrons. The van der Waals surface area contributed by atoms with Gasteiger partial charge in [-0.25, -0.2) is 18.7 Å². The normalized spacial score (nSPS) is 25.2. The maximum absolute atomic E-state index is 14.3. The summed E-state index contributed by atoms with van der Waals surface area (Å²) in [7, 11) is 0. The van der Waals surface area contributed by atoms with Gasteiger partial charge >= 0.3 is 0 Å². The molecule has 0 aromatic carbocycles. The van der Waals surface area contributed by atoms with E-state index in [0.717, 1.165) is 37.0 Å². The number of aliphatic hydroxyl groups is 1. The van der Waals surface area contributed by atoms with Crippen molar-refractivity contribution in [1.82, 2.24) is 20.2 Å². The van der Waals surface area contributed by atoms with Crippen molar-refractivity contribution >= 4 is 29.0 Å². The summed E-state index contributed by atoms with van der Waals surface area (Å²) in [6.45, 7) is 5.72. The minimum atomic E-state index is -2.82. The van der Waals surface area contributed by atoms with Crippen LogP contribution in [0.25, 0.3) is 10.4 Å². The number of nitrogens with zero attached hydrogens (tertiary/aromatic N) is 3. The molecule has 2 aromatic rings. The summed E-state index contributed by atoms with van der Waals surface area (Å²) in [5, 5.41) is 15.8. The summed E-state index contributed by atoms with van der Waals surface area (Å²) in [5.74, 6) is -0.477. The Morgan fingerprint density at radius 1 is 1.14 bits per heavy atom. The first kappa shape index (κ1) is 26.0. The number of carbonyl (C=O) groups excluding carboxylic acids is 2. The lowest BCUT2D eigenvalue weighted by Gasteiger charge is -2.23. The van der Waals surface area contributed by atoms with Gasteiger partial charge in [0.2, 0.25) is 0 Å². The number of rotatable bonds is 6. The molecule has 0 unspecified atom stereocenters. The number of pyridine rings is 1. The van der Waals surface area contributed by atoms with Gasteiger partial charge in [0, 0.05) is 41.0 Å². The highest BCUT2D eigenvalue weighted by atomic mass is 32.1. The first-order valence-corrected chi connectivity index (χ1v) is 13.7. The Kier molecular flexibility index (Phi) is 6.95. The fraction of sp³-hybridized carbons (Fsp3) is 0.615. The summed E-state index contributed by atoms with van der Waals surface area (Å²) in [4.78, 5) is 37.7. The van der Waals surface area contributed by atoms with Gasteiger partial charge in [-0.15, -0.1) is 11.3 Å². The van der Waals surface area contributed by atoms with Gasteiger partial charge < -0.3 is 20.6 Å². The van der Waals surface area contributed by atoms with Crippen LogP contribution in [0, 0.1) is 0 Å². The van der Waals surface area contributed by atoms with Gasteiger partial charge in [0.25, 0.3) is 18.2 Å². The Balaban J connectivity index is 1.54. The first-order valence-electron chi connectivity index (χ1n) is 12.9. The Morgan fingerprint density at radius 2 is 1.81 bits per heavy atom. The zero-order valence-corrected chi connectivity index (χ0v) is 22.1. The molecule has 2 saturated heterocycles. The Morgan fingerprint density at radius 3 is 2.38 bits per heavy atom. The second-order valence-corrected chi connectivity index (χ2v) is 12.3. The topological polar surface area (TPSA) is 107 Å². The SMILES string of the molecule is CC(C)(C)Nc1cc(C(F)F)c(-c2sc(C(=O)N[C@@H]3CC[C@@H](O)C3)nc2C(=O)N2[C@H]3CC[C@@H]2CC3)cn1. The molecule has 5 rings (SSSR count). The van der Waals surface area contributed by atoms with Crippen molar-refractivity contribution in [2.24, 2.45) is 0 Å². The zero-order chi connectivity index (χ0) is 26.5. The molecule has 4 heterocycles. The number of carbonyl (C=O) groups is 2. The fourth-order valence-corrected chi connectivity index (χ4v) is 6.73. The largest absolute Gasteiger partial charge is 0.393 e. The molecular weight excluding hydrogens is 500 g/mol. The van der Waals surface area contributed by atoms with E-state index in [4.69, 9.17) is 0 Å². The van der Waals surface area contributed by atoms with Crippen LogP contribution in [0.15, 0.2) is 12.3 Å². The monoisotopic (exact) mass is 533 g/mol. The van der Waals surface area contributed by atoms with Crippen LogP contribution < -0.4 is 10.6 Å². The van der Waals surface area contributed by atoms with E-state index in [9.17, 15) is 23.5 Å². The number of fused-ring (bicyclic) bond motifs is 2. The van der Waals surface area contributed by atoms with E-state index in [1.54, 1.807) is 0 Å². The van der Waals surface area contributed by atoms with E-state index in [1.165, 1.54) is 12.3 Å².